The van der Waals surface area contributed by atoms with Crippen molar-refractivity contribution in [3.8, 4) is 0 Å². The zero-order valence-corrected chi connectivity index (χ0v) is 8.54. The van der Waals surface area contributed by atoms with Gasteiger partial charge in [-0.25, -0.2) is 0 Å². The Hall–Kier alpha value is -0.610. The normalized spacial score (nSPS) is 13.2. The van der Waals surface area contributed by atoms with E-state index >= 15 is 0 Å². The van der Waals surface area contributed by atoms with Crippen LogP contribution >= 0.6 is 0 Å². The molecule has 0 spiro atoms. The number of rotatable bonds is 7. The minimum atomic E-state index is -0.773. The second-order valence-electron chi connectivity index (χ2n) is 3.37. The van der Waals surface area contributed by atoms with Crippen LogP contribution in [0.4, 0.5) is 0 Å². The van der Waals surface area contributed by atoms with Gasteiger partial charge in [0.2, 0.25) is 0 Å². The van der Waals surface area contributed by atoms with Crippen molar-refractivity contribution in [2.75, 3.05) is 13.2 Å². The van der Waals surface area contributed by atoms with E-state index in [0.717, 1.165) is 0 Å². The summed E-state index contributed by atoms with van der Waals surface area (Å²) in [6, 6.07) is 0.00765. The SMILES string of the molecule is CC(CC(=O)O)NCCOC(C)C. The lowest BCUT2D eigenvalue weighted by Gasteiger charge is -2.12. The zero-order valence-electron chi connectivity index (χ0n) is 8.54. The molecule has 0 aliphatic heterocycles. The van der Waals surface area contributed by atoms with E-state index in [1.165, 1.54) is 0 Å². The van der Waals surface area contributed by atoms with Crippen LogP contribution in [0.25, 0.3) is 0 Å². The molecule has 0 aliphatic carbocycles. The van der Waals surface area contributed by atoms with Crippen LogP contribution in [0.3, 0.4) is 0 Å². The van der Waals surface area contributed by atoms with Gasteiger partial charge in [0.1, 0.15) is 0 Å². The van der Waals surface area contributed by atoms with Crippen molar-refractivity contribution in [1.29, 1.82) is 0 Å². The Labute approximate surface area is 79.3 Å². The summed E-state index contributed by atoms with van der Waals surface area (Å²) in [6.45, 7) is 7.12. The topological polar surface area (TPSA) is 58.6 Å². The third kappa shape index (κ3) is 9.30. The van der Waals surface area contributed by atoms with Crippen molar-refractivity contribution in [3.05, 3.63) is 0 Å². The molecule has 13 heavy (non-hydrogen) atoms. The van der Waals surface area contributed by atoms with Gasteiger partial charge in [-0.2, -0.15) is 0 Å². The predicted octanol–water partition coefficient (Wildman–Crippen LogP) is 0.864. The van der Waals surface area contributed by atoms with Crippen LogP contribution in [-0.2, 0) is 9.53 Å². The van der Waals surface area contributed by atoms with Crippen molar-refractivity contribution in [1.82, 2.24) is 5.32 Å². The van der Waals surface area contributed by atoms with Crippen LogP contribution < -0.4 is 5.32 Å². The van der Waals surface area contributed by atoms with Gasteiger partial charge in [-0.15, -0.1) is 0 Å². The summed E-state index contributed by atoms with van der Waals surface area (Å²) in [6.07, 6.45) is 0.387. The standard InChI is InChI=1S/C9H19NO3/c1-7(2)13-5-4-10-8(3)6-9(11)12/h7-8,10H,4-6H2,1-3H3,(H,11,12). The minimum Gasteiger partial charge on any atom is -0.481 e. The van der Waals surface area contributed by atoms with E-state index in [9.17, 15) is 4.79 Å². The molecule has 0 amide bonds. The smallest absolute Gasteiger partial charge is 0.304 e. The fraction of sp³-hybridized carbons (Fsp3) is 0.889. The first-order chi connectivity index (χ1) is 6.02. The highest BCUT2D eigenvalue weighted by Crippen LogP contribution is 1.90. The first kappa shape index (κ1) is 12.4. The molecule has 2 N–H and O–H groups in total. The Balaban J connectivity index is 3.26. The van der Waals surface area contributed by atoms with Crippen molar-refractivity contribution in [2.24, 2.45) is 0 Å². The van der Waals surface area contributed by atoms with E-state index in [1.54, 1.807) is 0 Å². The van der Waals surface area contributed by atoms with Crippen molar-refractivity contribution < 1.29 is 14.6 Å². The van der Waals surface area contributed by atoms with Gasteiger partial charge in [0, 0.05) is 12.6 Å². The molecule has 0 radical (unpaired) electrons. The molecule has 1 atom stereocenters. The van der Waals surface area contributed by atoms with Crippen LogP contribution in [0.15, 0.2) is 0 Å². The van der Waals surface area contributed by atoms with E-state index in [-0.39, 0.29) is 18.6 Å². The van der Waals surface area contributed by atoms with E-state index in [1.807, 2.05) is 20.8 Å². The predicted molar refractivity (Wildman–Crippen MR) is 50.8 cm³/mol. The molecule has 0 aromatic carbocycles. The lowest BCUT2D eigenvalue weighted by Crippen LogP contribution is -2.31. The van der Waals surface area contributed by atoms with Gasteiger partial charge >= 0.3 is 5.97 Å². The number of aliphatic carboxylic acids is 1. The molecule has 0 rings (SSSR count). The first-order valence-electron chi connectivity index (χ1n) is 4.59. The number of carboxylic acids is 1. The molecule has 4 heteroatoms. The van der Waals surface area contributed by atoms with Crippen LogP contribution in [0.1, 0.15) is 27.2 Å². The Morgan fingerprint density at radius 2 is 2.08 bits per heavy atom. The molecule has 0 saturated heterocycles. The fourth-order valence-corrected chi connectivity index (χ4v) is 0.934. The number of hydrogen-bond donors (Lipinski definition) is 2. The van der Waals surface area contributed by atoms with Crippen LogP contribution in [0.5, 0.6) is 0 Å². The highest BCUT2D eigenvalue weighted by molar-refractivity contribution is 5.67. The van der Waals surface area contributed by atoms with E-state index in [2.05, 4.69) is 5.32 Å². The Kier molecular flexibility index (Phi) is 6.54. The quantitative estimate of drug-likeness (QED) is 0.583. The number of nitrogens with one attached hydrogen (secondary N) is 1. The molecule has 0 heterocycles. The number of carbonyl (C=O) groups is 1. The van der Waals surface area contributed by atoms with Crippen molar-refractivity contribution in [2.45, 2.75) is 39.3 Å². The third-order valence-corrected chi connectivity index (χ3v) is 1.53. The first-order valence-corrected chi connectivity index (χ1v) is 4.59. The molecule has 0 aliphatic rings. The molecular formula is C9H19NO3. The zero-order chi connectivity index (χ0) is 10.3. The monoisotopic (exact) mass is 189 g/mol. The van der Waals surface area contributed by atoms with Crippen LogP contribution in [0, 0.1) is 0 Å². The molecule has 1 unspecified atom stereocenters. The van der Waals surface area contributed by atoms with Gasteiger partial charge in [-0.3, -0.25) is 4.79 Å². The molecule has 4 nitrogen and oxygen atoms in total. The Morgan fingerprint density at radius 1 is 1.46 bits per heavy atom. The molecule has 0 aromatic rings. The van der Waals surface area contributed by atoms with E-state index < -0.39 is 5.97 Å². The maximum Gasteiger partial charge on any atom is 0.304 e. The Morgan fingerprint density at radius 3 is 2.54 bits per heavy atom. The van der Waals surface area contributed by atoms with E-state index in [4.69, 9.17) is 9.84 Å². The van der Waals surface area contributed by atoms with E-state index in [0.29, 0.717) is 13.2 Å². The molecular weight excluding hydrogens is 170 g/mol. The van der Waals surface area contributed by atoms with Crippen LogP contribution in [-0.4, -0.2) is 36.4 Å². The highest BCUT2D eigenvalue weighted by Gasteiger charge is 2.05. The number of carboxylic acid groups (broad SMARTS) is 1. The summed E-state index contributed by atoms with van der Waals surface area (Å²) < 4.78 is 5.29. The Bertz CT molecular complexity index is 148. The molecule has 0 fully saturated rings. The molecule has 0 saturated carbocycles. The van der Waals surface area contributed by atoms with Gasteiger partial charge in [-0.05, 0) is 20.8 Å². The van der Waals surface area contributed by atoms with Gasteiger partial charge in [0.15, 0.2) is 0 Å². The maximum absolute atomic E-state index is 10.3. The summed E-state index contributed by atoms with van der Waals surface area (Å²) in [4.78, 5) is 10.3. The molecule has 0 bridgehead atoms. The highest BCUT2D eigenvalue weighted by atomic mass is 16.5. The third-order valence-electron chi connectivity index (χ3n) is 1.53. The van der Waals surface area contributed by atoms with Gasteiger partial charge in [-0.1, -0.05) is 0 Å². The molecule has 78 valence electrons. The van der Waals surface area contributed by atoms with Gasteiger partial charge in [0.05, 0.1) is 19.1 Å². The second-order valence-corrected chi connectivity index (χ2v) is 3.37. The van der Waals surface area contributed by atoms with Gasteiger partial charge in [0.25, 0.3) is 0 Å². The summed E-state index contributed by atoms with van der Waals surface area (Å²) in [5.41, 5.74) is 0. The summed E-state index contributed by atoms with van der Waals surface area (Å²) in [5, 5.41) is 11.5. The fourth-order valence-electron chi connectivity index (χ4n) is 0.934. The van der Waals surface area contributed by atoms with Crippen LogP contribution in [0.2, 0.25) is 0 Å². The minimum absolute atomic E-state index is 0.00765. The van der Waals surface area contributed by atoms with Crippen molar-refractivity contribution in [3.63, 3.8) is 0 Å². The number of ether oxygens (including phenoxy) is 1. The average molecular weight is 189 g/mol. The maximum atomic E-state index is 10.3. The summed E-state index contributed by atoms with van der Waals surface area (Å²) >= 11 is 0. The molecule has 0 aromatic heterocycles. The summed E-state index contributed by atoms with van der Waals surface area (Å²) in [5.74, 6) is -0.773. The lowest BCUT2D eigenvalue weighted by atomic mass is 10.2. The summed E-state index contributed by atoms with van der Waals surface area (Å²) in [7, 11) is 0. The van der Waals surface area contributed by atoms with Crippen molar-refractivity contribution >= 4 is 5.97 Å². The largest absolute Gasteiger partial charge is 0.481 e. The second kappa shape index (κ2) is 6.86. The average Bonchev–Trinajstić information content (AvgIpc) is 1.96. The lowest BCUT2D eigenvalue weighted by molar-refractivity contribution is -0.137. The number of hydrogen-bond acceptors (Lipinski definition) is 3. The van der Waals surface area contributed by atoms with Gasteiger partial charge < -0.3 is 15.2 Å².